The van der Waals surface area contributed by atoms with Crippen LogP contribution < -0.4 is 9.46 Å². The second kappa shape index (κ2) is 14.9. The maximum atomic E-state index is 13.0. The highest BCUT2D eigenvalue weighted by Gasteiger charge is 2.37. The zero-order chi connectivity index (χ0) is 33.7. The summed E-state index contributed by atoms with van der Waals surface area (Å²) in [5.74, 6) is 1.26. The number of ether oxygens (including phenoxy) is 2. The number of nitrogens with one attached hydrogen (secondary N) is 1. The van der Waals surface area contributed by atoms with E-state index in [-0.39, 0.29) is 11.1 Å². The molecule has 3 aromatic heterocycles. The number of benzene rings is 1. The van der Waals surface area contributed by atoms with E-state index in [9.17, 15) is 4.55 Å². The fourth-order valence-electron chi connectivity index (χ4n) is 4.48. The molecule has 2 atom stereocenters. The Morgan fingerprint density at radius 2 is 1.78 bits per heavy atom. The van der Waals surface area contributed by atoms with Gasteiger partial charge in [-0.3, -0.25) is 9.97 Å². The monoisotopic (exact) mass is 666 g/mol. The molecule has 0 spiro atoms. The van der Waals surface area contributed by atoms with Crippen LogP contribution in [-0.2, 0) is 27.1 Å². The molecule has 4 aromatic rings. The normalized spacial score (nSPS) is 14.1. The van der Waals surface area contributed by atoms with Crippen molar-refractivity contribution in [2.75, 3.05) is 20.3 Å². The number of fused-ring (bicyclic) bond motifs is 1. The molecule has 0 saturated carbocycles. The van der Waals surface area contributed by atoms with Crippen molar-refractivity contribution in [2.45, 2.75) is 96.8 Å². The predicted molar refractivity (Wildman–Crippen MR) is 188 cm³/mol. The van der Waals surface area contributed by atoms with E-state index in [1.165, 1.54) is 0 Å². The molecule has 12 heteroatoms. The van der Waals surface area contributed by atoms with Crippen LogP contribution >= 0.6 is 0 Å². The third-order valence-corrected chi connectivity index (χ3v) is 14.4. The largest absolute Gasteiger partial charge is 0.598 e. The highest BCUT2D eigenvalue weighted by atomic mass is 32.2. The fourth-order valence-corrected chi connectivity index (χ4v) is 6.28. The third-order valence-electron chi connectivity index (χ3n) is 8.28. The number of aromatic nitrogens is 5. The molecule has 46 heavy (non-hydrogen) atoms. The summed E-state index contributed by atoms with van der Waals surface area (Å²) in [5.41, 5.74) is 4.03. The highest BCUT2D eigenvalue weighted by molar-refractivity contribution is 7.90. The molecule has 0 amide bonds. The zero-order valence-electron chi connectivity index (χ0n) is 29.0. The Bertz CT molecular complexity index is 1600. The van der Waals surface area contributed by atoms with Crippen LogP contribution in [0.2, 0.25) is 18.1 Å². The molecule has 4 rings (SSSR count). The van der Waals surface area contributed by atoms with Gasteiger partial charge in [0.15, 0.2) is 14.1 Å². The van der Waals surface area contributed by atoms with Gasteiger partial charge >= 0.3 is 0 Å². The van der Waals surface area contributed by atoms with Crippen molar-refractivity contribution in [3.63, 3.8) is 0 Å². The average molecular weight is 667 g/mol. The molecular formula is C34H50N6O4SSi. The van der Waals surface area contributed by atoms with E-state index >= 15 is 0 Å². The minimum absolute atomic E-state index is 0.0907. The van der Waals surface area contributed by atoms with Crippen molar-refractivity contribution < 1.29 is 18.5 Å². The summed E-state index contributed by atoms with van der Waals surface area (Å²) in [7, 11) is -0.316. The van der Waals surface area contributed by atoms with Crippen molar-refractivity contribution in [1.29, 1.82) is 0 Å². The number of methoxy groups -OCH3 is 1. The van der Waals surface area contributed by atoms with Crippen LogP contribution in [0.5, 0.6) is 5.75 Å². The van der Waals surface area contributed by atoms with Gasteiger partial charge in [0.05, 0.1) is 65.8 Å². The lowest BCUT2D eigenvalue weighted by Crippen LogP contribution is -2.41. The minimum Gasteiger partial charge on any atom is -0.598 e. The van der Waals surface area contributed by atoms with Gasteiger partial charge in [0.25, 0.3) is 0 Å². The molecule has 1 N–H and O–H groups in total. The van der Waals surface area contributed by atoms with Crippen molar-refractivity contribution in [2.24, 2.45) is 0 Å². The lowest BCUT2D eigenvalue weighted by Gasteiger charge is -2.36. The minimum atomic E-state index is -1.97. The Morgan fingerprint density at radius 3 is 2.46 bits per heavy atom. The first-order valence-corrected chi connectivity index (χ1v) is 19.9. The molecule has 3 heterocycles. The molecule has 0 radical (unpaired) electrons. The molecule has 1 unspecified atom stereocenters. The molecule has 1 aromatic carbocycles. The molecule has 0 aliphatic rings. The SMILES string of the molecule is CCC[C@H](N[S+]([O-])C(C)(C)C)c1cccc(-c2cc(OCCOC)c3cnn(-c4cncc(CO[Si](C)(C)C(C)(C)C)n4)c3c2)n1. The van der Waals surface area contributed by atoms with Crippen LogP contribution in [0.1, 0.15) is 78.7 Å². The second-order valence-electron chi connectivity index (χ2n) is 14.0. The Balaban J connectivity index is 1.75. The Morgan fingerprint density at radius 1 is 1.02 bits per heavy atom. The second-order valence-corrected chi connectivity index (χ2v) is 20.8. The molecular weight excluding hydrogens is 617 g/mol. The van der Waals surface area contributed by atoms with Gasteiger partial charge in [-0.25, -0.2) is 9.67 Å². The van der Waals surface area contributed by atoms with Crippen LogP contribution in [-0.4, -0.2) is 62.7 Å². The Hall–Kier alpha value is -2.87. The van der Waals surface area contributed by atoms with Crippen LogP contribution in [0.4, 0.5) is 0 Å². The lowest BCUT2D eigenvalue weighted by molar-refractivity contribution is 0.147. The van der Waals surface area contributed by atoms with E-state index in [2.05, 4.69) is 50.5 Å². The standard InChI is InChI=1S/C34H50N6O4SSi/c1-11-13-29(39-45(41)33(2,3)4)28-15-12-14-27(38-28)24-18-30-26(31(19-24)43-17-16-42-8)21-36-40(30)32-22-35-20-25(37-32)23-44-46(9,10)34(5,6)7/h12,14-15,18-22,29,39H,11,13,16-17,23H2,1-10H3/t29-,45?/m0/s1. The number of pyridine rings is 1. The number of rotatable bonds is 14. The number of hydrogen-bond donors (Lipinski definition) is 1. The van der Waals surface area contributed by atoms with Gasteiger partial charge in [-0.15, -0.1) is 4.72 Å². The zero-order valence-corrected chi connectivity index (χ0v) is 30.8. The molecule has 250 valence electrons. The summed E-state index contributed by atoms with van der Waals surface area (Å²) in [5, 5.41) is 5.64. The van der Waals surface area contributed by atoms with E-state index < -0.39 is 24.4 Å². The summed E-state index contributed by atoms with van der Waals surface area (Å²) >= 11 is -1.23. The lowest BCUT2D eigenvalue weighted by atomic mass is 10.1. The van der Waals surface area contributed by atoms with Gasteiger partial charge in [0, 0.05) is 24.0 Å². The summed E-state index contributed by atoms with van der Waals surface area (Å²) in [4.78, 5) is 14.4. The molecule has 0 saturated heterocycles. The maximum Gasteiger partial charge on any atom is 0.192 e. The Labute approximate surface area is 278 Å². The van der Waals surface area contributed by atoms with E-state index in [1.807, 2.05) is 51.1 Å². The fraction of sp³-hybridized carbons (Fsp3) is 0.529. The third kappa shape index (κ3) is 8.72. The van der Waals surface area contributed by atoms with E-state index in [0.717, 1.165) is 46.4 Å². The van der Waals surface area contributed by atoms with Crippen LogP contribution in [0.15, 0.2) is 48.9 Å². The molecule has 10 nitrogen and oxygen atoms in total. The van der Waals surface area contributed by atoms with Gasteiger partial charge in [0.2, 0.25) is 0 Å². The average Bonchev–Trinajstić information content (AvgIpc) is 3.43. The van der Waals surface area contributed by atoms with E-state index in [4.69, 9.17) is 29.0 Å². The van der Waals surface area contributed by atoms with Gasteiger partial charge in [-0.2, -0.15) is 5.10 Å². The highest BCUT2D eigenvalue weighted by Crippen LogP contribution is 2.37. The predicted octanol–water partition coefficient (Wildman–Crippen LogP) is 7.32. The summed E-state index contributed by atoms with van der Waals surface area (Å²) in [6, 6.07) is 9.85. The summed E-state index contributed by atoms with van der Waals surface area (Å²) in [6.45, 7) is 20.4. The van der Waals surface area contributed by atoms with Gasteiger partial charge in [0.1, 0.15) is 17.1 Å². The first kappa shape index (κ1) is 36.0. The topological polar surface area (TPSA) is 119 Å². The van der Waals surface area contributed by atoms with Crippen molar-refractivity contribution in [3.05, 3.63) is 60.3 Å². The quantitative estimate of drug-likeness (QED) is 0.0839. The van der Waals surface area contributed by atoms with Crippen molar-refractivity contribution in [3.8, 4) is 22.8 Å². The number of hydrogen-bond acceptors (Lipinski definition) is 9. The van der Waals surface area contributed by atoms with Crippen molar-refractivity contribution in [1.82, 2.24) is 29.5 Å². The summed E-state index contributed by atoms with van der Waals surface area (Å²) < 4.78 is 35.6. The van der Waals surface area contributed by atoms with Gasteiger partial charge < -0.3 is 18.5 Å². The first-order valence-electron chi connectivity index (χ1n) is 15.9. The number of nitrogens with zero attached hydrogens (tertiary/aromatic N) is 5. The van der Waals surface area contributed by atoms with Crippen LogP contribution in [0.25, 0.3) is 28.0 Å². The first-order chi connectivity index (χ1) is 21.6. The van der Waals surface area contributed by atoms with Crippen LogP contribution in [0.3, 0.4) is 0 Å². The smallest absolute Gasteiger partial charge is 0.192 e. The van der Waals surface area contributed by atoms with Crippen LogP contribution in [0, 0.1) is 0 Å². The summed E-state index contributed by atoms with van der Waals surface area (Å²) in [6.07, 6.45) is 6.97. The maximum absolute atomic E-state index is 13.0. The van der Waals surface area contributed by atoms with E-state index in [0.29, 0.717) is 31.4 Å². The van der Waals surface area contributed by atoms with E-state index in [1.54, 1.807) is 30.4 Å². The van der Waals surface area contributed by atoms with Gasteiger partial charge in [-0.05, 0) is 69.6 Å². The van der Waals surface area contributed by atoms with Crippen molar-refractivity contribution >= 4 is 30.6 Å². The molecule has 0 fully saturated rings. The molecule has 0 aliphatic carbocycles. The van der Waals surface area contributed by atoms with Gasteiger partial charge in [-0.1, -0.05) is 40.2 Å². The molecule has 0 aliphatic heterocycles. The molecule has 0 bridgehead atoms. The Kier molecular flexibility index (Phi) is 11.7.